The lowest BCUT2D eigenvalue weighted by Crippen LogP contribution is -2.52. The maximum Gasteiger partial charge on any atom is 0.228 e. The highest BCUT2D eigenvalue weighted by atomic mass is 32.2. The summed E-state index contributed by atoms with van der Waals surface area (Å²) in [4.78, 5) is 7.18. The lowest BCUT2D eigenvalue weighted by Gasteiger charge is -2.35. The van der Waals surface area contributed by atoms with E-state index in [4.69, 9.17) is 10.6 Å². The largest absolute Gasteiger partial charge is 0.378 e. The highest BCUT2D eigenvalue weighted by molar-refractivity contribution is 7.98. The third kappa shape index (κ3) is 1.97. The fraction of sp³-hybridized carbons (Fsp3) is 0.400. The molecule has 0 bridgehead atoms. The van der Waals surface area contributed by atoms with Crippen molar-refractivity contribution in [1.82, 2.24) is 9.88 Å². The maximum atomic E-state index is 6.10. The first kappa shape index (κ1) is 10.8. The summed E-state index contributed by atoms with van der Waals surface area (Å²) < 4.78 is 9.76. The van der Waals surface area contributed by atoms with Crippen molar-refractivity contribution < 1.29 is 4.74 Å². The minimum atomic E-state index is 0.723. The molecule has 2 N–H and O–H groups in total. The van der Waals surface area contributed by atoms with Crippen LogP contribution in [-0.4, -0.2) is 42.1 Å². The maximum absolute atomic E-state index is 6.10. The Morgan fingerprint density at radius 1 is 1.35 bits per heavy atom. The van der Waals surface area contributed by atoms with Gasteiger partial charge >= 0.3 is 0 Å². The van der Waals surface area contributed by atoms with Gasteiger partial charge in [0, 0.05) is 37.4 Å². The zero-order chi connectivity index (χ0) is 11.7. The minimum Gasteiger partial charge on any atom is -0.378 e. The molecule has 3 heterocycles. The molecule has 6 nitrogen and oxygen atoms in total. The monoisotopic (exact) mass is 251 g/mol. The molecule has 0 aromatic carbocycles. The molecule has 0 atom stereocenters. The number of pyridine rings is 1. The molecule has 17 heavy (non-hydrogen) atoms. The van der Waals surface area contributed by atoms with Gasteiger partial charge in [-0.05, 0) is 6.07 Å². The number of rotatable bonds is 0. The van der Waals surface area contributed by atoms with Gasteiger partial charge in [-0.25, -0.2) is 10.9 Å². The van der Waals surface area contributed by atoms with E-state index in [1.54, 1.807) is 17.4 Å². The van der Waals surface area contributed by atoms with E-state index >= 15 is 0 Å². The molecule has 0 unspecified atom stereocenters. The van der Waals surface area contributed by atoms with E-state index in [1.807, 2.05) is 6.07 Å². The van der Waals surface area contributed by atoms with E-state index in [-0.39, 0.29) is 0 Å². The summed E-state index contributed by atoms with van der Waals surface area (Å²) in [6.45, 7) is 3.10. The summed E-state index contributed by atoms with van der Waals surface area (Å²) >= 11 is 1.42. The van der Waals surface area contributed by atoms with Crippen molar-refractivity contribution in [2.24, 2.45) is 10.2 Å². The van der Waals surface area contributed by atoms with Gasteiger partial charge in [0.2, 0.25) is 5.96 Å². The van der Waals surface area contributed by atoms with Crippen LogP contribution in [0.1, 0.15) is 0 Å². The molecule has 0 saturated carbocycles. The van der Waals surface area contributed by atoms with Gasteiger partial charge in [-0.2, -0.15) is 4.40 Å². The van der Waals surface area contributed by atoms with Gasteiger partial charge < -0.3 is 9.64 Å². The molecule has 1 aromatic rings. The number of aromatic nitrogens is 1. The first-order chi connectivity index (χ1) is 8.36. The van der Waals surface area contributed by atoms with Gasteiger partial charge in [-0.1, -0.05) is 0 Å². The van der Waals surface area contributed by atoms with Crippen LogP contribution in [-0.2, 0) is 4.74 Å². The van der Waals surface area contributed by atoms with Crippen molar-refractivity contribution in [3.8, 4) is 0 Å². The van der Waals surface area contributed by atoms with Crippen molar-refractivity contribution in [1.29, 1.82) is 0 Å². The van der Waals surface area contributed by atoms with Crippen LogP contribution in [0.3, 0.4) is 0 Å². The Morgan fingerprint density at radius 2 is 2.18 bits per heavy atom. The standard InChI is InChI=1S/C10H13N5OS/c11-15-8-1-2-12-7-9(8)17-13-10(15)14-3-5-16-6-4-14/h1-2,7H,3-6,11H2. The predicted octanol–water partition coefficient (Wildman–Crippen LogP) is 0.471. The fourth-order valence-electron chi connectivity index (χ4n) is 1.86. The third-order valence-corrected chi connectivity index (χ3v) is 3.52. The van der Waals surface area contributed by atoms with E-state index < -0.39 is 0 Å². The second-order valence-corrected chi connectivity index (χ2v) is 4.60. The molecule has 2 aliphatic heterocycles. The molecule has 90 valence electrons. The van der Waals surface area contributed by atoms with Crippen LogP contribution in [0.2, 0.25) is 0 Å². The van der Waals surface area contributed by atoms with Crippen LogP contribution in [0.5, 0.6) is 0 Å². The zero-order valence-corrected chi connectivity index (χ0v) is 10.1. The average Bonchev–Trinajstić information content (AvgIpc) is 2.40. The van der Waals surface area contributed by atoms with Crippen LogP contribution in [0.15, 0.2) is 27.8 Å². The molecular formula is C10H13N5OS. The van der Waals surface area contributed by atoms with Gasteiger partial charge in [0.25, 0.3) is 0 Å². The SMILES string of the molecule is NN1C(N2CCOCC2)=NSc2cnccc21. The molecule has 2 aliphatic rings. The highest BCUT2D eigenvalue weighted by Crippen LogP contribution is 2.33. The molecule has 0 spiro atoms. The Balaban J connectivity index is 1.86. The molecule has 1 fully saturated rings. The number of hydrazine groups is 1. The summed E-state index contributed by atoms with van der Waals surface area (Å²) in [7, 11) is 0. The Morgan fingerprint density at radius 3 is 3.00 bits per heavy atom. The number of hydrogen-bond acceptors (Lipinski definition) is 7. The van der Waals surface area contributed by atoms with Gasteiger partial charge in [0.15, 0.2) is 0 Å². The first-order valence-electron chi connectivity index (χ1n) is 5.43. The molecule has 7 heteroatoms. The molecule has 1 aromatic heterocycles. The molecule has 1 saturated heterocycles. The molecule has 3 rings (SSSR count). The Bertz CT molecular complexity index is 446. The normalized spacial score (nSPS) is 19.9. The molecule has 0 aliphatic carbocycles. The van der Waals surface area contributed by atoms with Crippen molar-refractivity contribution in [2.75, 3.05) is 31.3 Å². The number of hydrogen-bond donors (Lipinski definition) is 1. The Hall–Kier alpha value is -1.31. The lowest BCUT2D eigenvalue weighted by molar-refractivity contribution is 0.0674. The zero-order valence-electron chi connectivity index (χ0n) is 9.24. The Kier molecular flexibility index (Phi) is 2.87. The summed E-state index contributed by atoms with van der Waals surface area (Å²) in [5.74, 6) is 6.89. The van der Waals surface area contributed by atoms with Crippen molar-refractivity contribution in [2.45, 2.75) is 4.90 Å². The lowest BCUT2D eigenvalue weighted by atomic mass is 10.4. The second kappa shape index (κ2) is 4.52. The molecular weight excluding hydrogens is 238 g/mol. The summed E-state index contributed by atoms with van der Waals surface area (Å²) in [5.41, 5.74) is 0.946. The number of nitrogens with two attached hydrogens (primary N) is 1. The van der Waals surface area contributed by atoms with E-state index in [0.29, 0.717) is 0 Å². The Labute approximate surface area is 104 Å². The third-order valence-electron chi connectivity index (χ3n) is 2.76. The fourth-order valence-corrected chi connectivity index (χ4v) is 2.61. The predicted molar refractivity (Wildman–Crippen MR) is 66.6 cm³/mol. The average molecular weight is 251 g/mol. The van der Waals surface area contributed by atoms with Crippen LogP contribution in [0.4, 0.5) is 5.69 Å². The second-order valence-electron chi connectivity index (χ2n) is 3.80. The van der Waals surface area contributed by atoms with Crippen LogP contribution in [0.25, 0.3) is 0 Å². The van der Waals surface area contributed by atoms with Crippen molar-refractivity contribution >= 4 is 23.6 Å². The number of fused-ring (bicyclic) bond motifs is 1. The van der Waals surface area contributed by atoms with Crippen molar-refractivity contribution in [3.63, 3.8) is 0 Å². The first-order valence-corrected chi connectivity index (χ1v) is 6.20. The van der Waals surface area contributed by atoms with Gasteiger partial charge in [0.05, 0.1) is 23.8 Å². The summed E-state index contributed by atoms with van der Waals surface area (Å²) in [6.07, 6.45) is 3.51. The number of nitrogens with zero attached hydrogens (tertiary/aromatic N) is 4. The van der Waals surface area contributed by atoms with Gasteiger partial charge in [-0.15, -0.1) is 0 Å². The number of morpholine rings is 1. The van der Waals surface area contributed by atoms with E-state index in [1.165, 1.54) is 11.9 Å². The smallest absolute Gasteiger partial charge is 0.228 e. The summed E-state index contributed by atoms with van der Waals surface area (Å²) in [5, 5.41) is 1.62. The van der Waals surface area contributed by atoms with Gasteiger partial charge in [0.1, 0.15) is 0 Å². The minimum absolute atomic E-state index is 0.723. The van der Waals surface area contributed by atoms with Crippen molar-refractivity contribution in [3.05, 3.63) is 18.5 Å². The van der Waals surface area contributed by atoms with Crippen LogP contribution in [0, 0.1) is 0 Å². The highest BCUT2D eigenvalue weighted by Gasteiger charge is 2.25. The van der Waals surface area contributed by atoms with Crippen LogP contribution < -0.4 is 10.9 Å². The quantitative estimate of drug-likeness (QED) is 0.534. The van der Waals surface area contributed by atoms with Gasteiger partial charge in [-0.3, -0.25) is 4.98 Å². The molecule has 0 radical (unpaired) electrons. The van der Waals surface area contributed by atoms with E-state index in [2.05, 4.69) is 14.3 Å². The number of anilines is 1. The van der Waals surface area contributed by atoms with Crippen LogP contribution >= 0.6 is 11.9 Å². The van der Waals surface area contributed by atoms with E-state index in [9.17, 15) is 0 Å². The number of guanidine groups is 1. The number of ether oxygens (including phenoxy) is 1. The summed E-state index contributed by atoms with van der Waals surface area (Å²) in [6, 6.07) is 1.90. The van der Waals surface area contributed by atoms with E-state index in [0.717, 1.165) is 42.8 Å². The topological polar surface area (TPSA) is 67.0 Å². The molecule has 0 amide bonds.